The van der Waals surface area contributed by atoms with Gasteiger partial charge in [0.05, 0.1) is 31.6 Å². The van der Waals surface area contributed by atoms with Crippen LogP contribution in [0.25, 0.3) is 11.1 Å². The van der Waals surface area contributed by atoms with Crippen LogP contribution in [0.2, 0.25) is 0 Å². The van der Waals surface area contributed by atoms with Gasteiger partial charge in [0.1, 0.15) is 31.8 Å². The van der Waals surface area contributed by atoms with E-state index in [-0.39, 0.29) is 37.3 Å². The summed E-state index contributed by atoms with van der Waals surface area (Å²) >= 11 is 0. The number of aromatic nitrogens is 2. The normalized spacial score (nSPS) is 11.9. The van der Waals surface area contributed by atoms with Crippen LogP contribution < -0.4 is 10.6 Å². The maximum absolute atomic E-state index is 14.8. The number of esters is 1. The van der Waals surface area contributed by atoms with Gasteiger partial charge in [0, 0.05) is 29.1 Å². The molecule has 0 aliphatic carbocycles. The fourth-order valence-corrected chi connectivity index (χ4v) is 2.84. The number of rotatable bonds is 10. The molecule has 36 heavy (non-hydrogen) atoms. The first-order valence-electron chi connectivity index (χ1n) is 10.5. The predicted octanol–water partition coefficient (Wildman–Crippen LogP) is 1.41. The molecule has 192 valence electrons. The first-order valence-corrected chi connectivity index (χ1v) is 10.5. The highest BCUT2D eigenvalue weighted by Crippen LogP contribution is 2.26. The van der Waals surface area contributed by atoms with E-state index in [9.17, 15) is 18.8 Å². The highest BCUT2D eigenvalue weighted by molar-refractivity contribution is 5.98. The van der Waals surface area contributed by atoms with E-state index in [1.54, 1.807) is 12.1 Å². The van der Waals surface area contributed by atoms with Gasteiger partial charge in [-0.15, -0.1) is 0 Å². The molecule has 1 aliphatic heterocycles. The van der Waals surface area contributed by atoms with Crippen LogP contribution in [0, 0.1) is 11.2 Å². The summed E-state index contributed by atoms with van der Waals surface area (Å²) in [5, 5.41) is 26.7. The van der Waals surface area contributed by atoms with E-state index < -0.39 is 23.7 Å². The summed E-state index contributed by atoms with van der Waals surface area (Å²) in [5.41, 5.74) is 7.05. The molecule has 0 bridgehead atoms. The third-order valence-corrected chi connectivity index (χ3v) is 4.55. The van der Waals surface area contributed by atoms with E-state index in [4.69, 9.17) is 30.9 Å². The monoisotopic (exact) mass is 504 g/mol. The van der Waals surface area contributed by atoms with Crippen molar-refractivity contribution in [3.8, 4) is 11.1 Å². The minimum absolute atomic E-state index is 0.210. The minimum Gasteiger partial charge on any atom is -0.481 e. The first kappa shape index (κ1) is 27.6. The quantitative estimate of drug-likeness (QED) is 0.158. The molecule has 2 aromatic rings. The van der Waals surface area contributed by atoms with E-state index in [1.165, 1.54) is 25.6 Å². The molecule has 14 heteroatoms. The predicted molar refractivity (Wildman–Crippen MR) is 125 cm³/mol. The van der Waals surface area contributed by atoms with E-state index in [1.807, 2.05) is 4.90 Å². The van der Waals surface area contributed by atoms with Gasteiger partial charge in [-0.25, -0.2) is 14.4 Å². The average Bonchev–Trinajstić information content (AvgIpc) is 2.79. The van der Waals surface area contributed by atoms with Gasteiger partial charge in [0.25, 0.3) is 0 Å². The number of hydrogen-bond acceptors (Lipinski definition) is 10. The van der Waals surface area contributed by atoms with Crippen molar-refractivity contribution in [3.63, 3.8) is 0 Å². The molecule has 1 saturated heterocycles. The van der Waals surface area contributed by atoms with Gasteiger partial charge in [-0.05, 0) is 0 Å². The van der Waals surface area contributed by atoms with Crippen molar-refractivity contribution in [3.05, 3.63) is 42.0 Å². The maximum Gasteiger partial charge on any atom is 0.313 e. The van der Waals surface area contributed by atoms with Crippen molar-refractivity contribution >= 4 is 35.4 Å². The molecule has 0 radical (unpaired) electrons. The second-order valence-electron chi connectivity index (χ2n) is 7.40. The SMILES string of the molecule is CON=C1CN(c2ncc(-c3cccc(COC(=O)CC(=N)N)c3F)cn2)C1.O=C(O)CCC(=O)O. The molecule has 5 N–H and O–H groups in total. The zero-order valence-corrected chi connectivity index (χ0v) is 19.3. The Morgan fingerprint density at radius 1 is 1.17 bits per heavy atom. The van der Waals surface area contributed by atoms with Crippen LogP contribution in [0.5, 0.6) is 0 Å². The molecule has 0 atom stereocenters. The number of carbonyl (C=O) groups is 3. The smallest absolute Gasteiger partial charge is 0.313 e. The maximum atomic E-state index is 14.8. The van der Waals surface area contributed by atoms with Gasteiger partial charge >= 0.3 is 17.9 Å². The lowest BCUT2D eigenvalue weighted by Crippen LogP contribution is -2.48. The Labute approximate surface area is 204 Å². The van der Waals surface area contributed by atoms with E-state index in [2.05, 4.69) is 15.1 Å². The molecule has 2 heterocycles. The Morgan fingerprint density at radius 3 is 2.31 bits per heavy atom. The zero-order valence-electron chi connectivity index (χ0n) is 19.3. The Hall–Kier alpha value is -4.62. The molecule has 0 saturated carbocycles. The fourth-order valence-electron chi connectivity index (χ4n) is 2.84. The average molecular weight is 504 g/mol. The molecule has 1 aliphatic rings. The summed E-state index contributed by atoms with van der Waals surface area (Å²) in [7, 11) is 1.49. The summed E-state index contributed by atoms with van der Waals surface area (Å²) in [5.74, 6) is -3.14. The van der Waals surface area contributed by atoms with Crippen molar-refractivity contribution in [1.82, 2.24) is 9.97 Å². The number of carboxylic acids is 2. The lowest BCUT2D eigenvalue weighted by Gasteiger charge is -2.31. The molecule has 1 fully saturated rings. The van der Waals surface area contributed by atoms with Gasteiger partial charge in [-0.2, -0.15) is 0 Å². The standard InChI is InChI=1S/C18H19FN6O3.C4H6O4/c1-27-24-13-8-25(9-13)18-22-6-12(7-23-18)14-4-2-3-11(17(14)19)10-28-16(26)5-15(20)21;5-3(6)1-2-4(7)8/h2-4,6-7H,5,8-10H2,1H3,(H3,20,21);1-2H2,(H,5,6)(H,7,8). The van der Waals surface area contributed by atoms with Crippen LogP contribution in [0.1, 0.15) is 24.8 Å². The number of nitrogens with one attached hydrogen (secondary N) is 1. The second-order valence-corrected chi connectivity index (χ2v) is 7.40. The van der Waals surface area contributed by atoms with Crippen molar-refractivity contribution in [2.24, 2.45) is 10.9 Å². The Bertz CT molecular complexity index is 1120. The van der Waals surface area contributed by atoms with Crippen molar-refractivity contribution in [2.45, 2.75) is 25.9 Å². The number of oxime groups is 1. The third kappa shape index (κ3) is 8.62. The fraction of sp³-hybridized carbons (Fsp3) is 0.318. The van der Waals surface area contributed by atoms with Crippen molar-refractivity contribution < 1.29 is 38.6 Å². The van der Waals surface area contributed by atoms with Gasteiger partial charge in [0.2, 0.25) is 5.95 Å². The number of nitrogens with two attached hydrogens (primary N) is 1. The lowest BCUT2D eigenvalue weighted by atomic mass is 10.1. The summed E-state index contributed by atoms with van der Waals surface area (Å²) in [6.45, 7) is 0.922. The summed E-state index contributed by atoms with van der Waals surface area (Å²) in [6, 6.07) is 4.77. The molecule has 13 nitrogen and oxygen atoms in total. The number of amidine groups is 1. The Balaban J connectivity index is 0.000000493. The summed E-state index contributed by atoms with van der Waals surface area (Å²) in [4.78, 5) is 45.9. The number of benzene rings is 1. The summed E-state index contributed by atoms with van der Waals surface area (Å²) < 4.78 is 19.7. The number of aliphatic carboxylic acids is 2. The molecule has 3 rings (SSSR count). The number of carboxylic acid groups (broad SMARTS) is 2. The van der Waals surface area contributed by atoms with Crippen LogP contribution >= 0.6 is 0 Å². The molecule has 0 amide bonds. The largest absolute Gasteiger partial charge is 0.481 e. The van der Waals surface area contributed by atoms with Crippen molar-refractivity contribution in [1.29, 1.82) is 5.41 Å². The number of carbonyl (C=O) groups excluding carboxylic acids is 1. The van der Waals surface area contributed by atoms with Crippen LogP contribution in [0.15, 0.2) is 35.7 Å². The van der Waals surface area contributed by atoms with Gasteiger partial charge < -0.3 is 30.4 Å². The Kier molecular flexibility index (Phi) is 10.2. The van der Waals surface area contributed by atoms with Gasteiger partial charge in [0.15, 0.2) is 0 Å². The molecule has 1 aromatic carbocycles. The van der Waals surface area contributed by atoms with Gasteiger partial charge in [-0.1, -0.05) is 23.4 Å². The molecular weight excluding hydrogens is 479 g/mol. The number of halogens is 1. The van der Waals surface area contributed by atoms with Crippen LogP contribution in [-0.4, -0.2) is 69.8 Å². The van der Waals surface area contributed by atoms with E-state index >= 15 is 0 Å². The molecule has 0 spiro atoms. The number of hydrogen-bond donors (Lipinski definition) is 4. The Morgan fingerprint density at radius 2 is 1.78 bits per heavy atom. The van der Waals surface area contributed by atoms with Crippen LogP contribution in [0.3, 0.4) is 0 Å². The lowest BCUT2D eigenvalue weighted by molar-refractivity contribution is -0.143. The highest BCUT2D eigenvalue weighted by Gasteiger charge is 2.25. The summed E-state index contributed by atoms with van der Waals surface area (Å²) in [6.07, 6.45) is 2.16. The van der Waals surface area contributed by atoms with E-state index in [0.717, 1.165) is 5.71 Å². The van der Waals surface area contributed by atoms with Crippen molar-refractivity contribution in [2.75, 3.05) is 25.1 Å². The van der Waals surface area contributed by atoms with Gasteiger partial charge in [-0.3, -0.25) is 19.8 Å². The third-order valence-electron chi connectivity index (χ3n) is 4.55. The zero-order chi connectivity index (χ0) is 26.7. The topological polar surface area (TPSA) is 201 Å². The molecule has 0 unspecified atom stereocenters. The number of anilines is 1. The number of nitrogens with zero attached hydrogens (tertiary/aromatic N) is 4. The van der Waals surface area contributed by atoms with E-state index in [0.29, 0.717) is 30.2 Å². The highest BCUT2D eigenvalue weighted by atomic mass is 19.1. The minimum atomic E-state index is -1.08. The first-order chi connectivity index (χ1) is 17.1. The van der Waals surface area contributed by atoms with Crippen LogP contribution in [0.4, 0.5) is 10.3 Å². The second kappa shape index (κ2) is 13.3. The van der Waals surface area contributed by atoms with Crippen LogP contribution in [-0.2, 0) is 30.6 Å². The number of ether oxygens (including phenoxy) is 1. The molecular formula is C22H25FN6O7. The molecule has 1 aromatic heterocycles.